The van der Waals surface area contributed by atoms with Crippen molar-refractivity contribution in [3.8, 4) is 0 Å². The van der Waals surface area contributed by atoms with E-state index in [4.69, 9.17) is 17.3 Å². The maximum Gasteiger partial charge on any atom is 0.142 e. The summed E-state index contributed by atoms with van der Waals surface area (Å²) >= 11 is 5.62. The van der Waals surface area contributed by atoms with Crippen molar-refractivity contribution < 1.29 is 4.39 Å². The van der Waals surface area contributed by atoms with E-state index in [1.807, 2.05) is 13.1 Å². The van der Waals surface area contributed by atoms with Crippen LogP contribution in [-0.2, 0) is 6.54 Å². The van der Waals surface area contributed by atoms with E-state index in [1.165, 1.54) is 6.07 Å². The minimum absolute atomic E-state index is 0.0503. The van der Waals surface area contributed by atoms with Crippen LogP contribution in [0.1, 0.15) is 24.1 Å². The van der Waals surface area contributed by atoms with Gasteiger partial charge in [-0.15, -0.1) is 0 Å². The highest BCUT2D eigenvalue weighted by molar-refractivity contribution is 6.30. The van der Waals surface area contributed by atoms with Crippen LogP contribution in [0.25, 0.3) is 0 Å². The molecule has 2 N–H and O–H groups in total. The number of nitrogens with two attached hydrogens (primary N) is 1. The van der Waals surface area contributed by atoms with Crippen molar-refractivity contribution in [2.24, 2.45) is 5.73 Å². The second kappa shape index (κ2) is 4.85. The van der Waals surface area contributed by atoms with Gasteiger partial charge in [0.2, 0.25) is 0 Å². The third kappa shape index (κ3) is 2.84. The second-order valence-electron chi connectivity index (χ2n) is 4.01. The van der Waals surface area contributed by atoms with Crippen molar-refractivity contribution in [3.05, 3.63) is 52.6 Å². The number of hydrogen-bond donors (Lipinski definition) is 1. The summed E-state index contributed by atoms with van der Waals surface area (Å²) in [6, 6.07) is 4.68. The topological polar surface area (TPSA) is 43.8 Å². The standard InChI is InChI=1S/C12H13ClFN3/c1-8(15)10-5-16-17(7-10)6-9-2-3-11(13)12(14)4-9/h2-5,7-8H,6,15H2,1H3. The van der Waals surface area contributed by atoms with Crippen molar-refractivity contribution in [1.29, 1.82) is 0 Å². The van der Waals surface area contributed by atoms with Crippen LogP contribution in [0.4, 0.5) is 4.39 Å². The predicted molar refractivity (Wildman–Crippen MR) is 65.3 cm³/mol. The van der Waals surface area contributed by atoms with Crippen molar-refractivity contribution in [1.82, 2.24) is 9.78 Å². The molecular weight excluding hydrogens is 241 g/mol. The summed E-state index contributed by atoms with van der Waals surface area (Å²) in [6.45, 7) is 2.39. The first-order valence-electron chi connectivity index (χ1n) is 5.28. The van der Waals surface area contributed by atoms with Gasteiger partial charge in [0.05, 0.1) is 17.8 Å². The van der Waals surface area contributed by atoms with Crippen LogP contribution in [0.2, 0.25) is 5.02 Å². The Morgan fingerprint density at radius 2 is 2.29 bits per heavy atom. The molecule has 0 spiro atoms. The van der Waals surface area contributed by atoms with Gasteiger partial charge in [-0.05, 0) is 24.6 Å². The van der Waals surface area contributed by atoms with Gasteiger partial charge in [0.25, 0.3) is 0 Å². The van der Waals surface area contributed by atoms with E-state index < -0.39 is 5.82 Å². The molecule has 90 valence electrons. The average molecular weight is 254 g/mol. The van der Waals surface area contributed by atoms with Crippen LogP contribution in [0.3, 0.4) is 0 Å². The third-order valence-corrected chi connectivity index (χ3v) is 2.81. The Bertz CT molecular complexity index is 522. The Morgan fingerprint density at radius 1 is 1.53 bits per heavy atom. The van der Waals surface area contributed by atoms with Gasteiger partial charge in [0.15, 0.2) is 0 Å². The molecule has 2 rings (SSSR count). The zero-order chi connectivity index (χ0) is 12.4. The maximum absolute atomic E-state index is 13.2. The normalized spacial score (nSPS) is 12.7. The molecule has 5 heteroatoms. The first-order valence-corrected chi connectivity index (χ1v) is 5.66. The number of halogens is 2. The van der Waals surface area contributed by atoms with Crippen LogP contribution in [0.5, 0.6) is 0 Å². The quantitative estimate of drug-likeness (QED) is 0.914. The Balaban J connectivity index is 2.16. The smallest absolute Gasteiger partial charge is 0.142 e. The minimum Gasteiger partial charge on any atom is -0.324 e. The summed E-state index contributed by atoms with van der Waals surface area (Å²) in [4.78, 5) is 0. The van der Waals surface area contributed by atoms with Crippen LogP contribution < -0.4 is 5.73 Å². The first-order chi connectivity index (χ1) is 8.06. The highest BCUT2D eigenvalue weighted by Crippen LogP contribution is 2.16. The second-order valence-corrected chi connectivity index (χ2v) is 4.42. The Kier molecular flexibility index (Phi) is 3.45. The van der Waals surface area contributed by atoms with Gasteiger partial charge in [0.1, 0.15) is 5.82 Å². The SMILES string of the molecule is CC(N)c1cnn(Cc2ccc(Cl)c(F)c2)c1. The molecule has 0 radical (unpaired) electrons. The zero-order valence-electron chi connectivity index (χ0n) is 9.40. The molecular formula is C12H13ClFN3. The van der Waals surface area contributed by atoms with Gasteiger partial charge in [0, 0.05) is 17.8 Å². The van der Waals surface area contributed by atoms with Crippen LogP contribution >= 0.6 is 11.6 Å². The molecule has 0 aliphatic carbocycles. The van der Waals surface area contributed by atoms with Crippen LogP contribution in [-0.4, -0.2) is 9.78 Å². The lowest BCUT2D eigenvalue weighted by atomic mass is 10.2. The molecule has 0 saturated carbocycles. The monoisotopic (exact) mass is 253 g/mol. The molecule has 0 aliphatic heterocycles. The molecule has 1 atom stereocenters. The lowest BCUT2D eigenvalue weighted by Crippen LogP contribution is -2.04. The van der Waals surface area contributed by atoms with Gasteiger partial charge in [-0.1, -0.05) is 17.7 Å². The Hall–Kier alpha value is -1.39. The van der Waals surface area contributed by atoms with Gasteiger partial charge in [-0.2, -0.15) is 5.10 Å². The van der Waals surface area contributed by atoms with Crippen molar-refractivity contribution in [2.75, 3.05) is 0 Å². The summed E-state index contributed by atoms with van der Waals surface area (Å²) < 4.78 is 15.0. The fraction of sp³-hybridized carbons (Fsp3) is 0.250. The zero-order valence-corrected chi connectivity index (χ0v) is 10.2. The molecule has 1 aromatic heterocycles. The molecule has 1 heterocycles. The summed E-state index contributed by atoms with van der Waals surface area (Å²) in [5.74, 6) is -0.413. The maximum atomic E-state index is 13.2. The minimum atomic E-state index is -0.413. The van der Waals surface area contributed by atoms with Crippen LogP contribution in [0, 0.1) is 5.82 Å². The van der Waals surface area contributed by atoms with E-state index >= 15 is 0 Å². The molecule has 0 aliphatic rings. The van der Waals surface area contributed by atoms with Crippen molar-refractivity contribution in [3.63, 3.8) is 0 Å². The predicted octanol–water partition coefficient (Wildman–Crippen LogP) is 2.74. The summed E-state index contributed by atoms with van der Waals surface area (Å²) in [5.41, 5.74) is 7.50. The molecule has 0 saturated heterocycles. The summed E-state index contributed by atoms with van der Waals surface area (Å²) in [6.07, 6.45) is 3.58. The first kappa shape index (κ1) is 12.1. The van der Waals surface area contributed by atoms with Crippen molar-refractivity contribution in [2.45, 2.75) is 19.5 Å². The number of nitrogens with zero attached hydrogens (tertiary/aromatic N) is 2. The molecule has 0 bridgehead atoms. The van der Waals surface area contributed by atoms with E-state index in [-0.39, 0.29) is 11.1 Å². The van der Waals surface area contributed by atoms with E-state index in [2.05, 4.69) is 5.10 Å². The van der Waals surface area contributed by atoms with Gasteiger partial charge >= 0.3 is 0 Å². The third-order valence-electron chi connectivity index (χ3n) is 2.51. The fourth-order valence-electron chi connectivity index (χ4n) is 1.53. The summed E-state index contributed by atoms with van der Waals surface area (Å²) in [5, 5.41) is 4.30. The fourth-order valence-corrected chi connectivity index (χ4v) is 1.64. The Morgan fingerprint density at radius 3 is 2.88 bits per heavy atom. The molecule has 17 heavy (non-hydrogen) atoms. The van der Waals surface area contributed by atoms with Crippen LogP contribution in [0.15, 0.2) is 30.6 Å². The molecule has 2 aromatic rings. The molecule has 0 fully saturated rings. The highest BCUT2D eigenvalue weighted by Gasteiger charge is 2.05. The number of hydrogen-bond acceptors (Lipinski definition) is 2. The lowest BCUT2D eigenvalue weighted by molar-refractivity contribution is 0.619. The summed E-state index contributed by atoms with van der Waals surface area (Å²) in [7, 11) is 0. The van der Waals surface area contributed by atoms with E-state index in [1.54, 1.807) is 23.0 Å². The lowest BCUT2D eigenvalue weighted by Gasteiger charge is -2.03. The van der Waals surface area contributed by atoms with Gasteiger partial charge in [-0.25, -0.2) is 4.39 Å². The number of benzene rings is 1. The average Bonchev–Trinajstić information content (AvgIpc) is 2.72. The van der Waals surface area contributed by atoms with Crippen molar-refractivity contribution >= 4 is 11.6 Å². The van der Waals surface area contributed by atoms with Gasteiger partial charge in [-0.3, -0.25) is 4.68 Å². The molecule has 3 nitrogen and oxygen atoms in total. The molecule has 1 unspecified atom stereocenters. The van der Waals surface area contributed by atoms with Gasteiger partial charge < -0.3 is 5.73 Å². The number of aromatic nitrogens is 2. The molecule has 1 aromatic carbocycles. The number of rotatable bonds is 3. The highest BCUT2D eigenvalue weighted by atomic mass is 35.5. The largest absolute Gasteiger partial charge is 0.324 e. The van der Waals surface area contributed by atoms with E-state index in [0.29, 0.717) is 6.54 Å². The van der Waals surface area contributed by atoms with E-state index in [9.17, 15) is 4.39 Å². The van der Waals surface area contributed by atoms with E-state index in [0.717, 1.165) is 11.1 Å². The Labute approximate surface area is 104 Å². The molecule has 0 amide bonds.